The average molecular weight is 453 g/mol. The first kappa shape index (κ1) is 22.0. The van der Waals surface area contributed by atoms with Crippen LogP contribution in [-0.4, -0.2) is 48.0 Å². The molecule has 1 aromatic heterocycles. The third-order valence-electron chi connectivity index (χ3n) is 5.57. The second-order valence-electron chi connectivity index (χ2n) is 7.82. The summed E-state index contributed by atoms with van der Waals surface area (Å²) in [5, 5.41) is 10.8. The van der Waals surface area contributed by atoms with Crippen LogP contribution in [0.5, 0.6) is 0 Å². The lowest BCUT2D eigenvalue weighted by molar-refractivity contribution is 0.0766. The highest BCUT2D eigenvalue weighted by atomic mass is 35.5. The molecule has 0 radical (unpaired) electrons. The van der Waals surface area contributed by atoms with Crippen molar-refractivity contribution in [3.8, 4) is 11.3 Å². The Labute approximate surface area is 191 Å². The van der Waals surface area contributed by atoms with Gasteiger partial charge in [-0.05, 0) is 56.6 Å². The van der Waals surface area contributed by atoms with Crippen LogP contribution < -0.4 is 10.6 Å². The summed E-state index contributed by atoms with van der Waals surface area (Å²) in [6.07, 6.45) is 0.935. The van der Waals surface area contributed by atoms with Crippen LogP contribution in [0.4, 0.5) is 5.69 Å². The van der Waals surface area contributed by atoms with Gasteiger partial charge in [0.1, 0.15) is 17.0 Å². The Kier molecular flexibility index (Phi) is 6.58. The Bertz CT molecular complexity index is 1150. The number of amides is 2. The molecule has 32 heavy (non-hydrogen) atoms. The maximum Gasteiger partial charge on any atom is 0.261 e. The van der Waals surface area contributed by atoms with E-state index in [9.17, 15) is 9.59 Å². The summed E-state index contributed by atoms with van der Waals surface area (Å²) in [4.78, 5) is 27.9. The molecule has 0 atom stereocenters. The first-order valence-electron chi connectivity index (χ1n) is 10.6. The Balaban J connectivity index is 1.55. The van der Waals surface area contributed by atoms with E-state index in [1.165, 1.54) is 0 Å². The van der Waals surface area contributed by atoms with Crippen LogP contribution in [0, 0.1) is 13.8 Å². The molecule has 2 aromatic carbocycles. The molecule has 166 valence electrons. The van der Waals surface area contributed by atoms with Gasteiger partial charge in [-0.15, -0.1) is 0 Å². The molecule has 4 rings (SSSR count). The van der Waals surface area contributed by atoms with Crippen LogP contribution in [0.15, 0.2) is 47.0 Å². The van der Waals surface area contributed by atoms with Crippen molar-refractivity contribution < 1.29 is 14.1 Å². The maximum atomic E-state index is 13.1. The first-order chi connectivity index (χ1) is 15.5. The number of benzene rings is 2. The number of aryl methyl sites for hydroxylation is 2. The molecule has 1 fully saturated rings. The summed E-state index contributed by atoms with van der Waals surface area (Å²) in [6, 6.07) is 12.5. The zero-order valence-electron chi connectivity index (χ0n) is 18.1. The van der Waals surface area contributed by atoms with E-state index in [1.54, 1.807) is 31.2 Å². The van der Waals surface area contributed by atoms with Gasteiger partial charge in [-0.3, -0.25) is 9.59 Å². The van der Waals surface area contributed by atoms with Crippen molar-refractivity contribution in [2.45, 2.75) is 20.3 Å². The fourth-order valence-electron chi connectivity index (χ4n) is 3.83. The monoisotopic (exact) mass is 452 g/mol. The molecular weight excluding hydrogens is 428 g/mol. The minimum absolute atomic E-state index is 0.00515. The summed E-state index contributed by atoms with van der Waals surface area (Å²) in [7, 11) is 0. The van der Waals surface area contributed by atoms with Crippen molar-refractivity contribution in [1.29, 1.82) is 0 Å². The van der Waals surface area contributed by atoms with E-state index in [1.807, 2.05) is 30.0 Å². The van der Waals surface area contributed by atoms with Crippen LogP contribution in [0.1, 0.15) is 38.5 Å². The van der Waals surface area contributed by atoms with Gasteiger partial charge in [0.05, 0.1) is 5.02 Å². The van der Waals surface area contributed by atoms with Crippen LogP contribution in [0.25, 0.3) is 11.3 Å². The Morgan fingerprint density at radius 3 is 2.72 bits per heavy atom. The van der Waals surface area contributed by atoms with Crippen molar-refractivity contribution in [1.82, 2.24) is 15.4 Å². The topological polar surface area (TPSA) is 87.5 Å². The molecule has 7 nitrogen and oxygen atoms in total. The molecule has 0 spiro atoms. The van der Waals surface area contributed by atoms with E-state index in [0.717, 1.165) is 31.6 Å². The highest BCUT2D eigenvalue weighted by molar-refractivity contribution is 6.33. The lowest BCUT2D eigenvalue weighted by atomic mass is 10.0. The standard InChI is InChI=1S/C24H25ClN4O3/c1-15-14-17(24(31)29-12-5-10-26-11-13-29)8-9-20(15)27-23(30)21-16(2)32-28-22(21)18-6-3-4-7-19(18)25/h3-4,6-9,14,26H,5,10-13H2,1-2H3,(H,27,30). The fourth-order valence-corrected chi connectivity index (χ4v) is 4.06. The number of nitrogens with zero attached hydrogens (tertiary/aromatic N) is 2. The van der Waals surface area contributed by atoms with E-state index in [-0.39, 0.29) is 11.8 Å². The number of hydrogen-bond donors (Lipinski definition) is 2. The van der Waals surface area contributed by atoms with Crippen LogP contribution >= 0.6 is 11.6 Å². The van der Waals surface area contributed by atoms with Gasteiger partial charge in [0.2, 0.25) is 0 Å². The van der Waals surface area contributed by atoms with E-state index in [0.29, 0.717) is 45.4 Å². The van der Waals surface area contributed by atoms with Gasteiger partial charge >= 0.3 is 0 Å². The second kappa shape index (κ2) is 9.54. The van der Waals surface area contributed by atoms with Crippen molar-refractivity contribution in [3.05, 3.63) is 69.9 Å². The summed E-state index contributed by atoms with van der Waals surface area (Å²) >= 11 is 6.30. The first-order valence-corrected chi connectivity index (χ1v) is 11.0. The zero-order valence-corrected chi connectivity index (χ0v) is 18.8. The molecule has 2 N–H and O–H groups in total. The van der Waals surface area contributed by atoms with Crippen molar-refractivity contribution in [2.24, 2.45) is 0 Å². The predicted octanol–water partition coefficient (Wildman–Crippen LogP) is 4.30. The molecule has 2 heterocycles. The van der Waals surface area contributed by atoms with Crippen LogP contribution in [-0.2, 0) is 0 Å². The summed E-state index contributed by atoms with van der Waals surface area (Å²) in [5.74, 6) is 0.0571. The maximum absolute atomic E-state index is 13.1. The second-order valence-corrected chi connectivity index (χ2v) is 8.23. The lowest BCUT2D eigenvalue weighted by Crippen LogP contribution is -2.34. The average Bonchev–Trinajstić information content (AvgIpc) is 2.98. The predicted molar refractivity (Wildman–Crippen MR) is 124 cm³/mol. The number of nitrogens with one attached hydrogen (secondary N) is 2. The van der Waals surface area contributed by atoms with Gasteiger partial charge < -0.3 is 20.1 Å². The largest absolute Gasteiger partial charge is 0.360 e. The van der Waals surface area contributed by atoms with E-state index < -0.39 is 0 Å². The number of carbonyl (C=O) groups is 2. The molecule has 0 aliphatic carbocycles. The molecule has 2 amide bonds. The lowest BCUT2D eigenvalue weighted by Gasteiger charge is -2.20. The SMILES string of the molecule is Cc1cc(C(=O)N2CCCNCC2)ccc1NC(=O)c1c(-c2ccccc2Cl)noc1C. The minimum atomic E-state index is -0.348. The van der Waals surface area contributed by atoms with Gasteiger partial charge in [0.15, 0.2) is 0 Å². The fraction of sp³-hybridized carbons (Fsp3) is 0.292. The minimum Gasteiger partial charge on any atom is -0.360 e. The van der Waals surface area contributed by atoms with Crippen molar-refractivity contribution in [2.75, 3.05) is 31.5 Å². The number of aromatic nitrogens is 1. The molecule has 1 aliphatic heterocycles. The number of hydrogen-bond acceptors (Lipinski definition) is 5. The highest BCUT2D eigenvalue weighted by Gasteiger charge is 2.24. The van der Waals surface area contributed by atoms with Crippen molar-refractivity contribution >= 4 is 29.1 Å². The Morgan fingerprint density at radius 1 is 1.12 bits per heavy atom. The summed E-state index contributed by atoms with van der Waals surface area (Å²) in [5.41, 5.74) is 3.38. The van der Waals surface area contributed by atoms with E-state index in [4.69, 9.17) is 16.1 Å². The summed E-state index contributed by atoms with van der Waals surface area (Å²) < 4.78 is 5.30. The molecule has 8 heteroatoms. The number of rotatable bonds is 4. The van der Waals surface area contributed by atoms with Crippen molar-refractivity contribution in [3.63, 3.8) is 0 Å². The molecule has 3 aromatic rings. The molecule has 0 bridgehead atoms. The van der Waals surface area contributed by atoms with Crippen LogP contribution in [0.2, 0.25) is 5.02 Å². The Hall–Kier alpha value is -3.16. The highest BCUT2D eigenvalue weighted by Crippen LogP contribution is 2.31. The van der Waals surface area contributed by atoms with Gasteiger partial charge in [-0.25, -0.2) is 0 Å². The molecule has 1 saturated heterocycles. The van der Waals surface area contributed by atoms with Crippen LogP contribution in [0.3, 0.4) is 0 Å². The molecular formula is C24H25ClN4O3. The van der Waals surface area contributed by atoms with Gasteiger partial charge in [-0.1, -0.05) is 35.0 Å². The quantitative estimate of drug-likeness (QED) is 0.616. The number of anilines is 1. The molecule has 1 aliphatic rings. The number of halogens is 1. The normalized spacial score (nSPS) is 14.2. The van der Waals surface area contributed by atoms with E-state index >= 15 is 0 Å². The van der Waals surface area contributed by atoms with E-state index in [2.05, 4.69) is 15.8 Å². The summed E-state index contributed by atoms with van der Waals surface area (Å²) in [6.45, 7) is 6.70. The number of carbonyl (C=O) groups excluding carboxylic acids is 2. The smallest absolute Gasteiger partial charge is 0.261 e. The van der Waals surface area contributed by atoms with Gasteiger partial charge in [0, 0.05) is 36.4 Å². The van der Waals surface area contributed by atoms with Gasteiger partial charge in [-0.2, -0.15) is 0 Å². The Morgan fingerprint density at radius 2 is 1.94 bits per heavy atom. The molecule has 0 unspecified atom stereocenters. The molecule has 0 saturated carbocycles. The third-order valence-corrected chi connectivity index (χ3v) is 5.90. The third kappa shape index (κ3) is 4.54. The van der Waals surface area contributed by atoms with Gasteiger partial charge in [0.25, 0.3) is 11.8 Å². The zero-order chi connectivity index (χ0) is 22.7.